The second-order valence-electron chi connectivity index (χ2n) is 8.94. The molecule has 0 fully saturated rings. The summed E-state index contributed by atoms with van der Waals surface area (Å²) in [6, 6.07) is 21.1. The summed E-state index contributed by atoms with van der Waals surface area (Å²) in [6.07, 6.45) is 9.27. The number of nitrogens with one attached hydrogen (secondary N) is 2. The summed E-state index contributed by atoms with van der Waals surface area (Å²) in [4.78, 5) is 31.8. The lowest BCUT2D eigenvalue weighted by Crippen LogP contribution is -2.17. The van der Waals surface area contributed by atoms with Gasteiger partial charge in [-0.3, -0.25) is 19.6 Å². The van der Waals surface area contributed by atoms with E-state index >= 15 is 0 Å². The number of aromatic nitrogens is 2. The summed E-state index contributed by atoms with van der Waals surface area (Å²) in [5.74, 6) is 0.694. The van der Waals surface area contributed by atoms with Crippen molar-refractivity contribution in [3.63, 3.8) is 0 Å². The Balaban J connectivity index is 1.03. The summed E-state index contributed by atoms with van der Waals surface area (Å²) < 4.78 is 22.6. The lowest BCUT2D eigenvalue weighted by molar-refractivity contribution is 0.0273. The minimum Gasteiger partial charge on any atom is -0.491 e. The fourth-order valence-corrected chi connectivity index (χ4v) is 3.59. The van der Waals surface area contributed by atoms with Gasteiger partial charge in [0.05, 0.1) is 38.9 Å². The van der Waals surface area contributed by atoms with Crippen LogP contribution in [0.5, 0.6) is 11.5 Å². The van der Waals surface area contributed by atoms with Crippen molar-refractivity contribution in [3.05, 3.63) is 120 Å². The first-order valence-corrected chi connectivity index (χ1v) is 13.8. The molecule has 0 saturated carbocycles. The smallest absolute Gasteiger partial charge is 0.271 e. The first-order valence-electron chi connectivity index (χ1n) is 13.8. The van der Waals surface area contributed by atoms with Gasteiger partial charge in [-0.15, -0.1) is 0 Å². The maximum atomic E-state index is 12.0. The Morgan fingerprint density at radius 1 is 0.591 bits per heavy atom. The number of rotatable bonds is 17. The van der Waals surface area contributed by atoms with E-state index < -0.39 is 0 Å². The first-order chi connectivity index (χ1) is 21.7. The minimum absolute atomic E-state index is 0.316. The zero-order chi connectivity index (χ0) is 30.7. The Kier molecular flexibility index (Phi) is 13.0. The summed E-state index contributed by atoms with van der Waals surface area (Å²) in [6.45, 7) is 2.38. The van der Waals surface area contributed by atoms with Crippen LogP contribution < -0.4 is 20.3 Å². The van der Waals surface area contributed by atoms with E-state index in [9.17, 15) is 9.59 Å². The third kappa shape index (κ3) is 11.4. The van der Waals surface area contributed by atoms with Crippen LogP contribution in [0.1, 0.15) is 31.8 Å². The SMILES string of the molecule is O=C(NN=Cc1cccc(OCCOCCOCCOc2cccc(C=NNC(=O)c3ccncc3)c2)c1)c1ccncc1. The van der Waals surface area contributed by atoms with Crippen molar-refractivity contribution in [3.8, 4) is 11.5 Å². The number of hydrazone groups is 2. The number of benzene rings is 2. The Hall–Kier alpha value is -5.46. The number of carbonyl (C=O) groups excluding carboxylic acids is 2. The molecule has 0 aliphatic heterocycles. The fourth-order valence-electron chi connectivity index (χ4n) is 3.59. The van der Waals surface area contributed by atoms with Gasteiger partial charge in [0.1, 0.15) is 24.7 Å². The molecule has 12 nitrogen and oxygen atoms in total. The molecule has 2 N–H and O–H groups in total. The van der Waals surface area contributed by atoms with Gasteiger partial charge in [0.2, 0.25) is 0 Å². The molecule has 226 valence electrons. The van der Waals surface area contributed by atoms with Gasteiger partial charge >= 0.3 is 0 Å². The van der Waals surface area contributed by atoms with Crippen LogP contribution in [0.2, 0.25) is 0 Å². The molecule has 44 heavy (non-hydrogen) atoms. The van der Waals surface area contributed by atoms with E-state index in [1.165, 1.54) is 0 Å². The lowest BCUT2D eigenvalue weighted by Gasteiger charge is -2.09. The molecule has 4 aromatic rings. The number of pyridine rings is 2. The van der Waals surface area contributed by atoms with Crippen LogP contribution >= 0.6 is 0 Å². The van der Waals surface area contributed by atoms with E-state index in [1.54, 1.807) is 61.5 Å². The molecule has 0 aliphatic carbocycles. The topological polar surface area (TPSA) is 146 Å². The zero-order valence-corrected chi connectivity index (χ0v) is 23.9. The van der Waals surface area contributed by atoms with Crippen LogP contribution in [0.4, 0.5) is 0 Å². The monoisotopic (exact) mass is 596 g/mol. The van der Waals surface area contributed by atoms with E-state index in [4.69, 9.17) is 18.9 Å². The third-order valence-corrected chi connectivity index (χ3v) is 5.73. The van der Waals surface area contributed by atoms with E-state index in [2.05, 4.69) is 31.0 Å². The molecule has 2 aromatic heterocycles. The third-order valence-electron chi connectivity index (χ3n) is 5.73. The Morgan fingerprint density at radius 2 is 1.00 bits per heavy atom. The van der Waals surface area contributed by atoms with Gasteiger partial charge in [0, 0.05) is 35.9 Å². The average Bonchev–Trinajstić information content (AvgIpc) is 3.06. The van der Waals surface area contributed by atoms with Gasteiger partial charge < -0.3 is 18.9 Å². The Labute approximate surface area is 254 Å². The van der Waals surface area contributed by atoms with Crippen molar-refractivity contribution in [1.82, 2.24) is 20.8 Å². The minimum atomic E-state index is -0.316. The highest BCUT2D eigenvalue weighted by Crippen LogP contribution is 2.13. The van der Waals surface area contributed by atoms with E-state index in [-0.39, 0.29) is 11.8 Å². The first kappa shape index (κ1) is 31.5. The van der Waals surface area contributed by atoms with Crippen molar-refractivity contribution in [2.45, 2.75) is 0 Å². The summed E-state index contributed by atoms with van der Waals surface area (Å²) in [5.41, 5.74) is 7.47. The molecule has 0 radical (unpaired) electrons. The average molecular weight is 597 g/mol. The van der Waals surface area contributed by atoms with E-state index in [0.29, 0.717) is 62.3 Å². The number of carbonyl (C=O) groups is 2. The Bertz CT molecular complexity index is 1400. The highest BCUT2D eigenvalue weighted by Gasteiger charge is 2.04. The second kappa shape index (κ2) is 18.2. The van der Waals surface area contributed by atoms with Crippen LogP contribution in [0, 0.1) is 0 Å². The van der Waals surface area contributed by atoms with E-state index in [1.807, 2.05) is 48.5 Å². The van der Waals surface area contributed by atoms with Crippen LogP contribution in [0.15, 0.2) is 108 Å². The van der Waals surface area contributed by atoms with Crippen LogP contribution in [0.25, 0.3) is 0 Å². The normalized spacial score (nSPS) is 11.0. The van der Waals surface area contributed by atoms with Crippen molar-refractivity contribution in [1.29, 1.82) is 0 Å². The number of nitrogens with zero attached hydrogens (tertiary/aromatic N) is 4. The van der Waals surface area contributed by atoms with E-state index in [0.717, 1.165) is 11.1 Å². The standard InChI is InChI=1S/C32H32N6O6/c39-31(27-7-11-33-12-8-27)37-35-23-25-3-1-5-29(21-25)43-19-17-41-15-16-42-18-20-44-30-6-2-4-26(22-30)24-36-38-32(40)28-9-13-34-14-10-28/h1-14,21-24H,15-20H2,(H,37,39)(H,38,40). The van der Waals surface area contributed by atoms with Crippen molar-refractivity contribution < 1.29 is 28.5 Å². The molecule has 0 saturated heterocycles. The van der Waals surface area contributed by atoms with Gasteiger partial charge in [-0.05, 0) is 59.7 Å². The van der Waals surface area contributed by atoms with Gasteiger partial charge in [-0.2, -0.15) is 10.2 Å². The fraction of sp³-hybridized carbons (Fsp3) is 0.188. The van der Waals surface area contributed by atoms with Crippen molar-refractivity contribution in [2.75, 3.05) is 39.6 Å². The molecule has 2 aromatic carbocycles. The van der Waals surface area contributed by atoms with Gasteiger partial charge in [0.25, 0.3) is 11.8 Å². The second-order valence-corrected chi connectivity index (χ2v) is 8.94. The van der Waals surface area contributed by atoms with Crippen molar-refractivity contribution in [2.24, 2.45) is 10.2 Å². The van der Waals surface area contributed by atoms with Crippen molar-refractivity contribution >= 4 is 24.2 Å². The lowest BCUT2D eigenvalue weighted by atomic mass is 10.2. The number of ether oxygens (including phenoxy) is 4. The highest BCUT2D eigenvalue weighted by atomic mass is 16.6. The molecule has 2 heterocycles. The number of hydrogen-bond acceptors (Lipinski definition) is 10. The van der Waals surface area contributed by atoms with Gasteiger partial charge in [0.15, 0.2) is 0 Å². The quantitative estimate of drug-likeness (QED) is 0.107. The Morgan fingerprint density at radius 3 is 1.43 bits per heavy atom. The highest BCUT2D eigenvalue weighted by molar-refractivity contribution is 5.95. The molecule has 0 aliphatic rings. The molecular weight excluding hydrogens is 564 g/mol. The van der Waals surface area contributed by atoms with Crippen LogP contribution in [0.3, 0.4) is 0 Å². The summed E-state index contributed by atoms with van der Waals surface area (Å²) >= 11 is 0. The molecule has 12 heteroatoms. The summed E-state index contributed by atoms with van der Waals surface area (Å²) in [7, 11) is 0. The molecule has 0 atom stereocenters. The van der Waals surface area contributed by atoms with Crippen LogP contribution in [-0.2, 0) is 9.47 Å². The molecule has 4 rings (SSSR count). The summed E-state index contributed by atoms with van der Waals surface area (Å²) in [5, 5.41) is 7.98. The van der Waals surface area contributed by atoms with Gasteiger partial charge in [-0.25, -0.2) is 10.9 Å². The zero-order valence-electron chi connectivity index (χ0n) is 23.9. The maximum Gasteiger partial charge on any atom is 0.271 e. The van der Waals surface area contributed by atoms with Gasteiger partial charge in [-0.1, -0.05) is 24.3 Å². The molecular formula is C32H32N6O6. The molecule has 0 unspecified atom stereocenters. The number of hydrogen-bond donors (Lipinski definition) is 2. The number of amides is 2. The molecule has 0 bridgehead atoms. The molecule has 2 amide bonds. The molecule has 0 spiro atoms. The largest absolute Gasteiger partial charge is 0.491 e. The van der Waals surface area contributed by atoms with Crippen LogP contribution in [-0.4, -0.2) is 73.9 Å². The maximum absolute atomic E-state index is 12.0. The predicted octanol–water partition coefficient (Wildman–Crippen LogP) is 3.50. The predicted molar refractivity (Wildman–Crippen MR) is 164 cm³/mol.